The van der Waals surface area contributed by atoms with Gasteiger partial charge in [-0.2, -0.15) is 0 Å². The molecule has 1 aromatic carbocycles. The van der Waals surface area contributed by atoms with Crippen molar-refractivity contribution in [2.24, 2.45) is 5.16 Å². The van der Waals surface area contributed by atoms with Crippen LogP contribution >= 0.6 is 0 Å². The first-order valence-corrected chi connectivity index (χ1v) is 11.9. The summed E-state index contributed by atoms with van der Waals surface area (Å²) >= 11 is 0. The summed E-state index contributed by atoms with van der Waals surface area (Å²) in [6.45, 7) is 1.95. The van der Waals surface area contributed by atoms with E-state index in [0.29, 0.717) is 18.6 Å². The number of aryl methyl sites for hydroxylation is 1. The molecule has 0 bridgehead atoms. The fourth-order valence-electron chi connectivity index (χ4n) is 5.72. The molecule has 2 aromatic heterocycles. The summed E-state index contributed by atoms with van der Waals surface area (Å²) in [6.07, 6.45) is 9.19. The number of quaternary nitrogens is 1. The van der Waals surface area contributed by atoms with Crippen molar-refractivity contribution in [1.29, 1.82) is 0 Å². The van der Waals surface area contributed by atoms with E-state index in [1.54, 1.807) is 12.4 Å². The second-order valence-corrected chi connectivity index (χ2v) is 10.2. The summed E-state index contributed by atoms with van der Waals surface area (Å²) in [7, 11) is 2.34. The Labute approximate surface area is 193 Å². The zero-order valence-electron chi connectivity index (χ0n) is 19.0. The molecule has 170 valence electrons. The highest BCUT2D eigenvalue weighted by molar-refractivity contribution is 6.04. The van der Waals surface area contributed by atoms with E-state index in [1.807, 2.05) is 24.3 Å². The Morgan fingerprint density at radius 2 is 1.76 bits per heavy atom. The molecular weight excluding hydrogens is 414 g/mol. The molecule has 1 saturated heterocycles. The van der Waals surface area contributed by atoms with Gasteiger partial charge in [0.2, 0.25) is 0 Å². The van der Waals surface area contributed by atoms with Crippen LogP contribution in [0.5, 0.6) is 0 Å². The van der Waals surface area contributed by atoms with Gasteiger partial charge in [-0.25, -0.2) is 0 Å². The number of nitrogens with zero attached hydrogens (tertiary/aromatic N) is 3. The molecule has 3 heterocycles. The van der Waals surface area contributed by atoms with E-state index >= 15 is 0 Å². The van der Waals surface area contributed by atoms with E-state index in [-0.39, 0.29) is 0 Å². The van der Waals surface area contributed by atoms with Gasteiger partial charge in [0.05, 0.1) is 31.9 Å². The molecule has 2 fully saturated rings. The number of aromatic nitrogens is 1. The van der Waals surface area contributed by atoms with Crippen molar-refractivity contribution in [3.05, 3.63) is 65.7 Å². The van der Waals surface area contributed by atoms with Crippen molar-refractivity contribution in [2.45, 2.75) is 50.2 Å². The standard InChI is InChI=1S/C27H29N3O3/c1-30(21-4-5-21)14-10-27(31,11-15-30)25-17-23(26(33-25)18-8-12-28-13-9-18)20-2-6-22-19(16-20)3-7-24(22)29-32/h2,6,8-9,12-13,16-17,21,31H,3-5,7,10-11,14-15H2,1H3/p+1. The van der Waals surface area contributed by atoms with Gasteiger partial charge in [0.25, 0.3) is 0 Å². The summed E-state index contributed by atoms with van der Waals surface area (Å²) < 4.78 is 7.53. The van der Waals surface area contributed by atoms with E-state index in [0.717, 1.165) is 70.2 Å². The zero-order valence-corrected chi connectivity index (χ0v) is 19.0. The third-order valence-electron chi connectivity index (χ3n) is 8.11. The number of pyridine rings is 1. The van der Waals surface area contributed by atoms with Crippen LogP contribution in [0.4, 0.5) is 0 Å². The van der Waals surface area contributed by atoms with Crippen LogP contribution in [0.15, 0.2) is 58.4 Å². The van der Waals surface area contributed by atoms with Gasteiger partial charge in [0.1, 0.15) is 17.1 Å². The van der Waals surface area contributed by atoms with Crippen molar-refractivity contribution >= 4 is 5.71 Å². The first-order chi connectivity index (χ1) is 16.0. The predicted molar refractivity (Wildman–Crippen MR) is 126 cm³/mol. The van der Waals surface area contributed by atoms with Crippen LogP contribution in [0.3, 0.4) is 0 Å². The SMILES string of the molecule is C[N+]1(C2CC2)CCC(O)(c2cc(-c3ccc4c(c3)CCC4=NO)c(-c3ccncc3)o2)CC1. The summed E-state index contributed by atoms with van der Waals surface area (Å²) in [5.41, 5.74) is 4.96. The van der Waals surface area contributed by atoms with Gasteiger partial charge in [-0.05, 0) is 42.2 Å². The zero-order chi connectivity index (χ0) is 22.6. The first kappa shape index (κ1) is 20.6. The fourth-order valence-corrected chi connectivity index (χ4v) is 5.72. The topological polar surface area (TPSA) is 78.9 Å². The quantitative estimate of drug-likeness (QED) is 0.347. The second kappa shape index (κ2) is 7.54. The molecule has 6 heteroatoms. The maximum absolute atomic E-state index is 11.7. The van der Waals surface area contributed by atoms with Crippen LogP contribution in [0.1, 0.15) is 49.0 Å². The van der Waals surface area contributed by atoms with Crippen molar-refractivity contribution in [3.63, 3.8) is 0 Å². The smallest absolute Gasteiger partial charge is 0.142 e. The normalized spacial score (nSPS) is 28.2. The van der Waals surface area contributed by atoms with Gasteiger partial charge >= 0.3 is 0 Å². The number of hydrogen-bond acceptors (Lipinski definition) is 5. The molecule has 1 aliphatic heterocycles. The molecule has 3 aliphatic rings. The molecule has 0 spiro atoms. The lowest BCUT2D eigenvalue weighted by molar-refractivity contribution is -0.927. The molecule has 0 unspecified atom stereocenters. The maximum atomic E-state index is 11.7. The number of fused-ring (bicyclic) bond motifs is 1. The number of hydrogen-bond donors (Lipinski definition) is 2. The van der Waals surface area contributed by atoms with Crippen LogP contribution in [0.2, 0.25) is 0 Å². The van der Waals surface area contributed by atoms with Crippen molar-refractivity contribution in [1.82, 2.24) is 4.98 Å². The second-order valence-electron chi connectivity index (χ2n) is 10.2. The molecular formula is C27H30N3O3+. The predicted octanol–water partition coefficient (Wildman–Crippen LogP) is 4.72. The molecule has 6 rings (SSSR count). The monoisotopic (exact) mass is 444 g/mol. The highest BCUT2D eigenvalue weighted by Gasteiger charge is 2.49. The summed E-state index contributed by atoms with van der Waals surface area (Å²) in [5, 5.41) is 24.4. The third kappa shape index (κ3) is 3.49. The van der Waals surface area contributed by atoms with Crippen LogP contribution in [0, 0.1) is 0 Å². The average Bonchev–Trinajstić information content (AvgIpc) is 3.49. The van der Waals surface area contributed by atoms with Gasteiger partial charge in [-0.1, -0.05) is 23.4 Å². The van der Waals surface area contributed by atoms with Crippen LogP contribution in [-0.4, -0.2) is 51.7 Å². The Balaban J connectivity index is 1.40. The van der Waals surface area contributed by atoms with Crippen LogP contribution in [0.25, 0.3) is 22.5 Å². The Kier molecular flexibility index (Phi) is 4.71. The van der Waals surface area contributed by atoms with E-state index in [1.165, 1.54) is 18.4 Å². The molecule has 0 amide bonds. The summed E-state index contributed by atoms with van der Waals surface area (Å²) in [5.74, 6) is 1.42. The van der Waals surface area contributed by atoms with Crippen molar-refractivity contribution in [2.75, 3.05) is 20.1 Å². The number of rotatable bonds is 4. The van der Waals surface area contributed by atoms with Crippen molar-refractivity contribution in [3.8, 4) is 22.5 Å². The molecule has 2 aliphatic carbocycles. The molecule has 33 heavy (non-hydrogen) atoms. The van der Waals surface area contributed by atoms with E-state index < -0.39 is 5.60 Å². The minimum Gasteiger partial charge on any atom is -0.457 e. The van der Waals surface area contributed by atoms with Crippen LogP contribution in [-0.2, 0) is 12.0 Å². The highest BCUT2D eigenvalue weighted by Crippen LogP contribution is 2.45. The Morgan fingerprint density at radius 3 is 2.45 bits per heavy atom. The largest absolute Gasteiger partial charge is 0.457 e. The highest BCUT2D eigenvalue weighted by atomic mass is 16.4. The van der Waals surface area contributed by atoms with Gasteiger partial charge in [-0.3, -0.25) is 4.98 Å². The Morgan fingerprint density at radius 1 is 1.00 bits per heavy atom. The minimum absolute atomic E-state index is 0.657. The maximum Gasteiger partial charge on any atom is 0.142 e. The molecule has 6 nitrogen and oxygen atoms in total. The average molecular weight is 445 g/mol. The molecule has 0 radical (unpaired) electrons. The van der Waals surface area contributed by atoms with Gasteiger partial charge in [0.15, 0.2) is 0 Å². The number of likely N-dealkylation sites (tertiary alicyclic amines) is 1. The van der Waals surface area contributed by atoms with E-state index in [9.17, 15) is 10.3 Å². The van der Waals surface area contributed by atoms with E-state index in [4.69, 9.17) is 4.42 Å². The summed E-state index contributed by atoms with van der Waals surface area (Å²) in [4.78, 5) is 4.16. The number of oxime groups is 1. The molecule has 2 N–H and O–H groups in total. The number of benzene rings is 1. The number of aliphatic hydroxyl groups is 1. The van der Waals surface area contributed by atoms with Gasteiger partial charge in [0, 0.05) is 54.8 Å². The van der Waals surface area contributed by atoms with Crippen molar-refractivity contribution < 1.29 is 19.2 Å². The summed E-state index contributed by atoms with van der Waals surface area (Å²) in [6, 6.07) is 13.0. The lowest BCUT2D eigenvalue weighted by Gasteiger charge is -2.43. The molecule has 1 saturated carbocycles. The molecule has 3 aromatic rings. The molecule has 0 atom stereocenters. The fraction of sp³-hybridized carbons (Fsp3) is 0.407. The lowest BCUT2D eigenvalue weighted by atomic mass is 9.87. The first-order valence-electron chi connectivity index (χ1n) is 11.9. The lowest BCUT2D eigenvalue weighted by Crippen LogP contribution is -2.55. The van der Waals surface area contributed by atoms with Crippen LogP contribution < -0.4 is 0 Å². The Bertz CT molecular complexity index is 1220. The number of furan rings is 1. The number of piperidine rings is 1. The minimum atomic E-state index is -0.944. The van der Waals surface area contributed by atoms with E-state index in [2.05, 4.69) is 29.3 Å². The Hall–Kier alpha value is -2.96. The van der Waals surface area contributed by atoms with Gasteiger partial charge in [-0.15, -0.1) is 0 Å². The van der Waals surface area contributed by atoms with Gasteiger partial charge < -0.3 is 19.2 Å². The third-order valence-corrected chi connectivity index (χ3v) is 8.11.